The van der Waals surface area contributed by atoms with Crippen LogP contribution in [0.1, 0.15) is 54.3 Å². The zero-order valence-electron chi connectivity index (χ0n) is 11.4. The number of rotatable bonds is 3. The molecule has 2 nitrogen and oxygen atoms in total. The van der Waals surface area contributed by atoms with Crippen LogP contribution in [0.25, 0.3) is 0 Å². The molecular formula is C15H20N2S. The lowest BCUT2D eigenvalue weighted by molar-refractivity contribution is 0.814. The molecule has 1 heterocycles. The maximum Gasteiger partial charge on any atom is 0.180 e. The molecular weight excluding hydrogens is 240 g/mol. The van der Waals surface area contributed by atoms with Gasteiger partial charge in [-0.05, 0) is 24.0 Å². The molecule has 0 spiro atoms. The Morgan fingerprint density at radius 3 is 2.22 bits per heavy atom. The SMILES string of the molecule is Cc1nc(N)sc1C(C)c1ccccc1C(C)C. The highest BCUT2D eigenvalue weighted by Crippen LogP contribution is 2.35. The van der Waals surface area contributed by atoms with Gasteiger partial charge in [-0.15, -0.1) is 11.3 Å². The normalized spacial score (nSPS) is 12.9. The van der Waals surface area contributed by atoms with Crippen molar-refractivity contribution in [3.8, 4) is 0 Å². The van der Waals surface area contributed by atoms with Crippen LogP contribution in [0, 0.1) is 6.92 Å². The first-order chi connectivity index (χ1) is 8.50. The van der Waals surface area contributed by atoms with Crippen molar-refractivity contribution in [3.05, 3.63) is 46.0 Å². The quantitative estimate of drug-likeness (QED) is 0.893. The lowest BCUT2D eigenvalue weighted by Crippen LogP contribution is -2.02. The summed E-state index contributed by atoms with van der Waals surface area (Å²) in [7, 11) is 0. The fraction of sp³-hybridized carbons (Fsp3) is 0.400. The number of anilines is 1. The van der Waals surface area contributed by atoms with Gasteiger partial charge < -0.3 is 5.73 Å². The van der Waals surface area contributed by atoms with Crippen molar-refractivity contribution < 1.29 is 0 Å². The molecule has 0 saturated heterocycles. The van der Waals surface area contributed by atoms with Crippen molar-refractivity contribution in [2.75, 3.05) is 5.73 Å². The summed E-state index contributed by atoms with van der Waals surface area (Å²) >= 11 is 1.60. The molecule has 2 N–H and O–H groups in total. The number of hydrogen-bond acceptors (Lipinski definition) is 3. The van der Waals surface area contributed by atoms with Crippen molar-refractivity contribution in [2.24, 2.45) is 0 Å². The van der Waals surface area contributed by atoms with Crippen LogP contribution in [0.2, 0.25) is 0 Å². The second kappa shape index (κ2) is 5.11. The molecule has 0 fully saturated rings. The standard InChI is InChI=1S/C15H20N2S/c1-9(2)12-7-5-6-8-13(12)10(3)14-11(4)17-15(16)18-14/h5-10H,1-4H3,(H2,16,17). The van der Waals surface area contributed by atoms with Crippen LogP contribution in [0.4, 0.5) is 5.13 Å². The first-order valence-corrected chi connectivity index (χ1v) is 7.14. The van der Waals surface area contributed by atoms with Gasteiger partial charge in [-0.2, -0.15) is 0 Å². The Kier molecular flexibility index (Phi) is 3.71. The molecule has 18 heavy (non-hydrogen) atoms. The van der Waals surface area contributed by atoms with Gasteiger partial charge in [0.1, 0.15) is 0 Å². The zero-order valence-corrected chi connectivity index (χ0v) is 12.2. The van der Waals surface area contributed by atoms with Gasteiger partial charge in [-0.3, -0.25) is 0 Å². The average Bonchev–Trinajstić information content (AvgIpc) is 2.67. The van der Waals surface area contributed by atoms with E-state index in [0.717, 1.165) is 5.69 Å². The fourth-order valence-electron chi connectivity index (χ4n) is 2.40. The van der Waals surface area contributed by atoms with Gasteiger partial charge in [0, 0.05) is 10.8 Å². The highest BCUT2D eigenvalue weighted by Gasteiger charge is 2.18. The Balaban J connectivity index is 2.46. The molecule has 0 radical (unpaired) electrons. The maximum absolute atomic E-state index is 5.80. The van der Waals surface area contributed by atoms with Crippen LogP contribution in [0.3, 0.4) is 0 Å². The third-order valence-corrected chi connectivity index (χ3v) is 4.50. The third kappa shape index (κ3) is 2.41. The van der Waals surface area contributed by atoms with E-state index in [1.54, 1.807) is 11.3 Å². The predicted octanol–water partition coefficient (Wildman–Crippen LogP) is 4.31. The largest absolute Gasteiger partial charge is 0.375 e. The monoisotopic (exact) mass is 260 g/mol. The summed E-state index contributed by atoms with van der Waals surface area (Å²) in [6.45, 7) is 8.75. The highest BCUT2D eigenvalue weighted by atomic mass is 32.1. The second-order valence-electron chi connectivity index (χ2n) is 5.01. The Hall–Kier alpha value is -1.35. The van der Waals surface area contributed by atoms with Crippen LogP contribution in [0.5, 0.6) is 0 Å². The number of aromatic nitrogens is 1. The fourth-order valence-corrected chi connectivity index (χ4v) is 3.31. The minimum atomic E-state index is 0.360. The van der Waals surface area contributed by atoms with Gasteiger partial charge >= 0.3 is 0 Å². The van der Waals surface area contributed by atoms with Crippen molar-refractivity contribution in [3.63, 3.8) is 0 Å². The number of benzene rings is 1. The Morgan fingerprint density at radius 2 is 1.72 bits per heavy atom. The molecule has 2 rings (SSSR count). The molecule has 96 valence electrons. The topological polar surface area (TPSA) is 38.9 Å². The Bertz CT molecular complexity index is 543. The molecule has 1 atom stereocenters. The van der Waals surface area contributed by atoms with Crippen LogP contribution >= 0.6 is 11.3 Å². The molecule has 0 aliphatic heterocycles. The number of hydrogen-bond donors (Lipinski definition) is 1. The van der Waals surface area contributed by atoms with Crippen molar-refractivity contribution in [1.29, 1.82) is 0 Å². The molecule has 2 aromatic rings. The van der Waals surface area contributed by atoms with Gasteiger partial charge in [-0.25, -0.2) is 4.98 Å². The van der Waals surface area contributed by atoms with Crippen molar-refractivity contribution in [2.45, 2.75) is 39.5 Å². The molecule has 0 aliphatic rings. The number of nitrogens with zero attached hydrogens (tertiary/aromatic N) is 1. The van der Waals surface area contributed by atoms with Crippen LogP contribution < -0.4 is 5.73 Å². The first-order valence-electron chi connectivity index (χ1n) is 6.32. The van der Waals surface area contributed by atoms with Gasteiger partial charge in [0.15, 0.2) is 5.13 Å². The van der Waals surface area contributed by atoms with Gasteiger partial charge in [0.25, 0.3) is 0 Å². The summed E-state index contributed by atoms with van der Waals surface area (Å²) in [6.07, 6.45) is 0. The van der Waals surface area contributed by atoms with Crippen molar-refractivity contribution in [1.82, 2.24) is 4.98 Å². The summed E-state index contributed by atoms with van der Waals surface area (Å²) in [5.74, 6) is 0.896. The van der Waals surface area contributed by atoms with Crippen LogP contribution in [0.15, 0.2) is 24.3 Å². The van der Waals surface area contributed by atoms with E-state index in [-0.39, 0.29) is 0 Å². The average molecular weight is 260 g/mol. The lowest BCUT2D eigenvalue weighted by atomic mass is 9.89. The molecule has 1 aromatic heterocycles. The van der Waals surface area contributed by atoms with E-state index in [2.05, 4.69) is 50.0 Å². The van der Waals surface area contributed by atoms with E-state index < -0.39 is 0 Å². The summed E-state index contributed by atoms with van der Waals surface area (Å²) in [5, 5.41) is 0.663. The summed E-state index contributed by atoms with van der Waals surface area (Å²) in [6, 6.07) is 8.66. The van der Waals surface area contributed by atoms with Crippen molar-refractivity contribution >= 4 is 16.5 Å². The number of aryl methyl sites for hydroxylation is 1. The van der Waals surface area contributed by atoms with Crippen LogP contribution in [-0.2, 0) is 0 Å². The van der Waals surface area contributed by atoms with E-state index in [0.29, 0.717) is 17.0 Å². The molecule has 3 heteroatoms. The molecule has 0 aliphatic carbocycles. The van der Waals surface area contributed by atoms with E-state index in [1.807, 2.05) is 6.92 Å². The summed E-state index contributed by atoms with van der Waals surface area (Å²) < 4.78 is 0. The van der Waals surface area contributed by atoms with E-state index in [1.165, 1.54) is 16.0 Å². The second-order valence-corrected chi connectivity index (χ2v) is 6.07. The number of nitrogens with two attached hydrogens (primary N) is 1. The van der Waals surface area contributed by atoms with Gasteiger partial charge in [0.2, 0.25) is 0 Å². The smallest absolute Gasteiger partial charge is 0.180 e. The lowest BCUT2D eigenvalue weighted by Gasteiger charge is -2.18. The number of nitrogen functional groups attached to an aromatic ring is 1. The Labute approximate surface area is 113 Å². The minimum absolute atomic E-state index is 0.360. The van der Waals surface area contributed by atoms with Crippen LogP contribution in [-0.4, -0.2) is 4.98 Å². The molecule has 0 saturated carbocycles. The maximum atomic E-state index is 5.80. The molecule has 0 bridgehead atoms. The zero-order chi connectivity index (χ0) is 13.3. The highest BCUT2D eigenvalue weighted by molar-refractivity contribution is 7.15. The minimum Gasteiger partial charge on any atom is -0.375 e. The Morgan fingerprint density at radius 1 is 1.11 bits per heavy atom. The molecule has 1 unspecified atom stereocenters. The van der Waals surface area contributed by atoms with E-state index in [9.17, 15) is 0 Å². The third-order valence-electron chi connectivity index (χ3n) is 3.33. The molecule has 1 aromatic carbocycles. The van der Waals surface area contributed by atoms with E-state index >= 15 is 0 Å². The summed E-state index contributed by atoms with van der Waals surface area (Å²) in [5.41, 5.74) is 9.66. The van der Waals surface area contributed by atoms with Gasteiger partial charge in [0.05, 0.1) is 5.69 Å². The predicted molar refractivity (Wildman–Crippen MR) is 79.3 cm³/mol. The van der Waals surface area contributed by atoms with E-state index in [4.69, 9.17) is 5.73 Å². The number of thiazole rings is 1. The first kappa shape index (κ1) is 13.1. The van der Waals surface area contributed by atoms with Gasteiger partial charge in [-0.1, -0.05) is 45.0 Å². The molecule has 0 amide bonds. The summed E-state index contributed by atoms with van der Waals surface area (Å²) in [4.78, 5) is 5.61.